The molecule has 0 fully saturated rings. The van der Waals surface area contributed by atoms with Crippen LogP contribution >= 0.6 is 11.9 Å². The van der Waals surface area contributed by atoms with Crippen molar-refractivity contribution in [3.63, 3.8) is 0 Å². The minimum atomic E-state index is -0.520. The SMILES string of the molecule is O=C(/C=C/c1ccc2c(c1)CCN(Sc1ccccc1)C2)NO. The zero-order valence-corrected chi connectivity index (χ0v) is 13.4. The largest absolute Gasteiger partial charge is 0.288 e. The summed E-state index contributed by atoms with van der Waals surface area (Å²) in [4.78, 5) is 12.3. The fraction of sp³-hybridized carbons (Fsp3) is 0.167. The molecule has 1 aliphatic rings. The van der Waals surface area contributed by atoms with Crippen LogP contribution in [0.1, 0.15) is 16.7 Å². The lowest BCUT2D eigenvalue weighted by atomic mass is 9.98. The smallest absolute Gasteiger partial charge is 0.267 e. The van der Waals surface area contributed by atoms with Crippen LogP contribution in [-0.4, -0.2) is 22.0 Å². The zero-order chi connectivity index (χ0) is 16.1. The van der Waals surface area contributed by atoms with Crippen LogP contribution in [0.25, 0.3) is 6.08 Å². The monoisotopic (exact) mass is 326 g/mol. The molecule has 1 aliphatic heterocycles. The van der Waals surface area contributed by atoms with Crippen molar-refractivity contribution in [3.8, 4) is 0 Å². The van der Waals surface area contributed by atoms with E-state index >= 15 is 0 Å². The molecule has 0 saturated carbocycles. The molecule has 1 amide bonds. The Hall–Kier alpha value is -2.08. The zero-order valence-electron chi connectivity index (χ0n) is 12.6. The fourth-order valence-electron chi connectivity index (χ4n) is 2.57. The van der Waals surface area contributed by atoms with Crippen LogP contribution in [0.4, 0.5) is 0 Å². The summed E-state index contributed by atoms with van der Waals surface area (Å²) in [5, 5.41) is 8.50. The first-order valence-electron chi connectivity index (χ1n) is 7.46. The second kappa shape index (κ2) is 7.46. The number of nitrogens with zero attached hydrogens (tertiary/aromatic N) is 1. The predicted octanol–water partition coefficient (Wildman–Crippen LogP) is 3.27. The molecule has 2 aromatic rings. The average molecular weight is 326 g/mol. The van der Waals surface area contributed by atoms with Crippen molar-refractivity contribution >= 4 is 23.9 Å². The Bertz CT molecular complexity index is 716. The van der Waals surface area contributed by atoms with Crippen LogP contribution < -0.4 is 5.48 Å². The summed E-state index contributed by atoms with van der Waals surface area (Å²) in [6, 6.07) is 16.6. The van der Waals surface area contributed by atoms with Gasteiger partial charge in [0.05, 0.1) is 0 Å². The van der Waals surface area contributed by atoms with Gasteiger partial charge >= 0.3 is 0 Å². The summed E-state index contributed by atoms with van der Waals surface area (Å²) >= 11 is 1.79. The van der Waals surface area contributed by atoms with Crippen LogP contribution in [0.2, 0.25) is 0 Å². The Morgan fingerprint density at radius 1 is 1.17 bits per heavy atom. The number of carbonyl (C=O) groups excluding carboxylic acids is 1. The Morgan fingerprint density at radius 3 is 2.78 bits per heavy atom. The van der Waals surface area contributed by atoms with Gasteiger partial charge in [0.15, 0.2) is 0 Å². The lowest BCUT2D eigenvalue weighted by Crippen LogP contribution is -2.24. The minimum absolute atomic E-state index is 0.520. The molecular formula is C18H18N2O2S. The second-order valence-electron chi connectivity index (χ2n) is 5.36. The Morgan fingerprint density at radius 2 is 2.00 bits per heavy atom. The van der Waals surface area contributed by atoms with Gasteiger partial charge in [0.25, 0.3) is 5.91 Å². The van der Waals surface area contributed by atoms with E-state index in [0.717, 1.165) is 25.1 Å². The molecule has 5 heteroatoms. The number of hydrogen-bond donors (Lipinski definition) is 2. The molecule has 0 spiro atoms. The number of carbonyl (C=O) groups is 1. The summed E-state index contributed by atoms with van der Waals surface area (Å²) < 4.78 is 2.37. The average Bonchev–Trinajstić information content (AvgIpc) is 2.60. The van der Waals surface area contributed by atoms with Crippen molar-refractivity contribution in [3.05, 3.63) is 71.3 Å². The Balaban J connectivity index is 1.68. The summed E-state index contributed by atoms with van der Waals surface area (Å²) in [6.07, 6.45) is 4.02. The lowest BCUT2D eigenvalue weighted by molar-refractivity contribution is -0.124. The van der Waals surface area contributed by atoms with Gasteiger partial charge in [-0.15, -0.1) is 0 Å². The van der Waals surface area contributed by atoms with E-state index in [1.807, 2.05) is 12.1 Å². The van der Waals surface area contributed by atoms with Gasteiger partial charge in [-0.2, -0.15) is 0 Å². The van der Waals surface area contributed by atoms with Crippen molar-refractivity contribution in [2.24, 2.45) is 0 Å². The molecule has 0 aromatic heterocycles. The van der Waals surface area contributed by atoms with E-state index in [2.05, 4.69) is 40.7 Å². The van der Waals surface area contributed by atoms with Crippen LogP contribution in [0, 0.1) is 0 Å². The first kappa shape index (κ1) is 15.8. The number of benzene rings is 2. The summed E-state index contributed by atoms with van der Waals surface area (Å²) in [7, 11) is 0. The number of rotatable bonds is 4. The molecule has 3 rings (SSSR count). The molecular weight excluding hydrogens is 308 g/mol. The maximum Gasteiger partial charge on any atom is 0.267 e. The number of fused-ring (bicyclic) bond motifs is 1. The van der Waals surface area contributed by atoms with Crippen LogP contribution in [0.3, 0.4) is 0 Å². The molecule has 0 radical (unpaired) electrons. The van der Waals surface area contributed by atoms with E-state index in [0.29, 0.717) is 0 Å². The predicted molar refractivity (Wildman–Crippen MR) is 91.8 cm³/mol. The quantitative estimate of drug-likeness (QED) is 0.392. The standard InChI is InChI=1S/C18H18N2O2S/c21-18(19-22)9-7-14-6-8-16-13-20(11-10-15(16)12-14)23-17-4-2-1-3-5-17/h1-9,12,22H,10-11,13H2,(H,19,21)/b9-7+. The molecule has 0 atom stereocenters. The maximum absolute atomic E-state index is 11.0. The minimum Gasteiger partial charge on any atom is -0.288 e. The summed E-state index contributed by atoms with van der Waals surface area (Å²) in [5.41, 5.74) is 5.20. The van der Waals surface area contributed by atoms with Crippen molar-refractivity contribution in [2.45, 2.75) is 17.9 Å². The first-order chi connectivity index (χ1) is 11.2. The van der Waals surface area contributed by atoms with Crippen LogP contribution in [-0.2, 0) is 17.8 Å². The molecule has 0 unspecified atom stereocenters. The highest BCUT2D eigenvalue weighted by molar-refractivity contribution is 7.97. The number of hydroxylamine groups is 1. The molecule has 2 N–H and O–H groups in total. The molecule has 1 heterocycles. The van der Waals surface area contributed by atoms with E-state index in [4.69, 9.17) is 5.21 Å². The van der Waals surface area contributed by atoms with E-state index in [9.17, 15) is 4.79 Å². The number of amides is 1. The molecule has 2 aromatic carbocycles. The molecule has 0 bridgehead atoms. The molecule has 0 saturated heterocycles. The van der Waals surface area contributed by atoms with Crippen molar-refractivity contribution < 1.29 is 10.0 Å². The van der Waals surface area contributed by atoms with Crippen molar-refractivity contribution in [1.29, 1.82) is 0 Å². The highest BCUT2D eigenvalue weighted by atomic mass is 32.2. The maximum atomic E-state index is 11.0. The third-order valence-electron chi connectivity index (χ3n) is 3.72. The fourth-order valence-corrected chi connectivity index (χ4v) is 3.53. The van der Waals surface area contributed by atoms with Crippen LogP contribution in [0.5, 0.6) is 0 Å². The van der Waals surface area contributed by atoms with Gasteiger partial charge in [-0.3, -0.25) is 10.0 Å². The van der Waals surface area contributed by atoms with Gasteiger partial charge in [-0.05, 0) is 53.3 Å². The highest BCUT2D eigenvalue weighted by Crippen LogP contribution is 2.29. The van der Waals surface area contributed by atoms with E-state index < -0.39 is 5.91 Å². The van der Waals surface area contributed by atoms with Crippen molar-refractivity contribution in [1.82, 2.24) is 9.79 Å². The molecule has 118 valence electrons. The molecule has 0 aliphatic carbocycles. The third kappa shape index (κ3) is 4.22. The van der Waals surface area contributed by atoms with Gasteiger partial charge in [0.2, 0.25) is 0 Å². The van der Waals surface area contributed by atoms with Gasteiger partial charge in [-0.25, -0.2) is 9.79 Å². The Kier molecular flexibility index (Phi) is 5.12. The third-order valence-corrected chi connectivity index (χ3v) is 4.78. The molecule has 23 heavy (non-hydrogen) atoms. The summed E-state index contributed by atoms with van der Waals surface area (Å²) in [5.74, 6) is -0.520. The van der Waals surface area contributed by atoms with E-state index in [1.165, 1.54) is 22.1 Å². The van der Waals surface area contributed by atoms with Gasteiger partial charge in [0, 0.05) is 24.1 Å². The van der Waals surface area contributed by atoms with Gasteiger partial charge in [-0.1, -0.05) is 36.4 Å². The summed E-state index contributed by atoms with van der Waals surface area (Å²) in [6.45, 7) is 1.91. The van der Waals surface area contributed by atoms with Crippen LogP contribution in [0.15, 0.2) is 59.5 Å². The Labute approximate surface area is 139 Å². The van der Waals surface area contributed by atoms with Gasteiger partial charge in [0.1, 0.15) is 0 Å². The second-order valence-corrected chi connectivity index (χ2v) is 6.53. The van der Waals surface area contributed by atoms with E-state index in [-0.39, 0.29) is 0 Å². The normalized spacial score (nSPS) is 14.7. The van der Waals surface area contributed by atoms with Gasteiger partial charge < -0.3 is 0 Å². The topological polar surface area (TPSA) is 52.6 Å². The first-order valence-corrected chi connectivity index (χ1v) is 8.24. The highest BCUT2D eigenvalue weighted by Gasteiger charge is 2.17. The molecule has 4 nitrogen and oxygen atoms in total. The number of nitrogens with one attached hydrogen (secondary N) is 1. The number of hydrogen-bond acceptors (Lipinski definition) is 4. The van der Waals surface area contributed by atoms with Crippen molar-refractivity contribution in [2.75, 3.05) is 6.54 Å². The van der Waals surface area contributed by atoms with E-state index in [1.54, 1.807) is 23.5 Å². The lowest BCUT2D eigenvalue weighted by Gasteiger charge is -2.27.